The summed E-state index contributed by atoms with van der Waals surface area (Å²) in [6.07, 6.45) is -0.251. The van der Waals surface area contributed by atoms with Crippen LogP contribution in [0.3, 0.4) is 0 Å². The number of rotatable bonds is 2. The number of carboxylic acids is 1. The number of nitrogens with two attached hydrogens (primary N) is 1. The minimum absolute atomic E-state index is 0.117. The van der Waals surface area contributed by atoms with E-state index in [4.69, 9.17) is 10.8 Å². The molecule has 2 rings (SSSR count). The van der Waals surface area contributed by atoms with Crippen molar-refractivity contribution in [2.75, 3.05) is 4.90 Å². The van der Waals surface area contributed by atoms with Gasteiger partial charge in [-0.2, -0.15) is 0 Å². The second-order valence-corrected chi connectivity index (χ2v) is 3.55. The van der Waals surface area contributed by atoms with Gasteiger partial charge in [0.05, 0.1) is 17.7 Å². The topological polar surface area (TPSA) is 83.6 Å². The molecule has 0 atom stereocenters. The van der Waals surface area contributed by atoms with Crippen LogP contribution >= 0.6 is 0 Å². The number of halogens is 1. The Morgan fingerprint density at radius 2 is 1.94 bits per heavy atom. The van der Waals surface area contributed by atoms with Crippen molar-refractivity contribution in [1.29, 1.82) is 0 Å². The summed E-state index contributed by atoms with van der Waals surface area (Å²) in [4.78, 5) is 23.5. The SMILES string of the molecule is NC1=C(C(=O)O)CC(=O)N1c1ccc(F)cc1. The fourth-order valence-electron chi connectivity index (χ4n) is 1.65. The van der Waals surface area contributed by atoms with Gasteiger partial charge in [0.2, 0.25) is 5.91 Å². The van der Waals surface area contributed by atoms with Crippen LogP contribution in [-0.4, -0.2) is 17.0 Å². The summed E-state index contributed by atoms with van der Waals surface area (Å²) in [5.74, 6) is -2.22. The Morgan fingerprint density at radius 3 is 2.41 bits per heavy atom. The summed E-state index contributed by atoms with van der Waals surface area (Å²) in [5, 5.41) is 8.83. The van der Waals surface area contributed by atoms with Gasteiger partial charge in [0, 0.05) is 0 Å². The van der Waals surface area contributed by atoms with Crippen LogP contribution < -0.4 is 10.6 Å². The summed E-state index contributed by atoms with van der Waals surface area (Å²) in [6.45, 7) is 0. The maximum absolute atomic E-state index is 12.7. The van der Waals surface area contributed by atoms with E-state index in [0.29, 0.717) is 5.69 Å². The maximum Gasteiger partial charge on any atom is 0.335 e. The molecule has 1 heterocycles. The van der Waals surface area contributed by atoms with Crippen molar-refractivity contribution >= 4 is 17.6 Å². The number of carboxylic acid groups (broad SMARTS) is 1. The molecule has 1 amide bonds. The zero-order chi connectivity index (χ0) is 12.6. The van der Waals surface area contributed by atoms with E-state index < -0.39 is 17.7 Å². The number of hydrogen-bond acceptors (Lipinski definition) is 3. The van der Waals surface area contributed by atoms with Crippen molar-refractivity contribution in [3.8, 4) is 0 Å². The first-order chi connectivity index (χ1) is 8.00. The molecule has 88 valence electrons. The van der Waals surface area contributed by atoms with Crippen LogP contribution in [0.5, 0.6) is 0 Å². The highest BCUT2D eigenvalue weighted by atomic mass is 19.1. The van der Waals surface area contributed by atoms with E-state index in [0.717, 1.165) is 4.90 Å². The molecule has 0 unspecified atom stereocenters. The molecule has 1 aromatic carbocycles. The van der Waals surface area contributed by atoms with Gasteiger partial charge in [0.1, 0.15) is 11.6 Å². The standard InChI is InChI=1S/C11H9FN2O3/c12-6-1-3-7(4-2-6)14-9(15)5-8(10(14)13)11(16)17/h1-4H,5,13H2,(H,16,17). The molecule has 0 aromatic heterocycles. The molecule has 0 saturated heterocycles. The summed E-state index contributed by atoms with van der Waals surface area (Å²) in [6, 6.07) is 5.08. The number of carbonyl (C=O) groups is 2. The van der Waals surface area contributed by atoms with Gasteiger partial charge >= 0.3 is 5.97 Å². The van der Waals surface area contributed by atoms with Gasteiger partial charge in [-0.3, -0.25) is 9.69 Å². The first-order valence-corrected chi connectivity index (χ1v) is 4.81. The Bertz CT molecular complexity index is 522. The third kappa shape index (κ3) is 1.84. The summed E-state index contributed by atoms with van der Waals surface area (Å²) >= 11 is 0. The summed E-state index contributed by atoms with van der Waals surface area (Å²) in [7, 11) is 0. The molecule has 0 fully saturated rings. The molecule has 6 heteroatoms. The molecule has 1 aliphatic heterocycles. The lowest BCUT2D eigenvalue weighted by molar-refractivity contribution is -0.133. The highest BCUT2D eigenvalue weighted by Crippen LogP contribution is 2.27. The summed E-state index contributed by atoms with van der Waals surface area (Å²) < 4.78 is 12.7. The van der Waals surface area contributed by atoms with Crippen molar-refractivity contribution < 1.29 is 19.1 Å². The Balaban J connectivity index is 2.42. The number of hydrogen-bond donors (Lipinski definition) is 2. The lowest BCUT2D eigenvalue weighted by Gasteiger charge is -2.17. The van der Waals surface area contributed by atoms with E-state index in [-0.39, 0.29) is 17.8 Å². The Labute approximate surface area is 95.9 Å². The van der Waals surface area contributed by atoms with Crippen LogP contribution in [0.25, 0.3) is 0 Å². The Morgan fingerprint density at radius 1 is 1.35 bits per heavy atom. The van der Waals surface area contributed by atoms with Crippen LogP contribution in [0.4, 0.5) is 10.1 Å². The van der Waals surface area contributed by atoms with Gasteiger partial charge in [-0.1, -0.05) is 0 Å². The van der Waals surface area contributed by atoms with E-state index in [1.807, 2.05) is 0 Å². The van der Waals surface area contributed by atoms with Crippen molar-refractivity contribution in [2.24, 2.45) is 5.73 Å². The van der Waals surface area contributed by atoms with Gasteiger partial charge < -0.3 is 10.8 Å². The van der Waals surface area contributed by atoms with E-state index in [1.165, 1.54) is 24.3 Å². The molecule has 3 N–H and O–H groups in total. The van der Waals surface area contributed by atoms with Gasteiger partial charge in [0.25, 0.3) is 0 Å². The van der Waals surface area contributed by atoms with E-state index >= 15 is 0 Å². The predicted octanol–water partition coefficient (Wildman–Crippen LogP) is 0.817. The third-order valence-electron chi connectivity index (χ3n) is 2.47. The number of amides is 1. The van der Waals surface area contributed by atoms with Crippen LogP contribution in [0.1, 0.15) is 6.42 Å². The highest BCUT2D eigenvalue weighted by molar-refractivity contribution is 6.08. The molecule has 17 heavy (non-hydrogen) atoms. The minimum atomic E-state index is -1.22. The minimum Gasteiger partial charge on any atom is -0.478 e. The third-order valence-corrected chi connectivity index (χ3v) is 2.47. The van der Waals surface area contributed by atoms with Crippen LogP contribution in [0.15, 0.2) is 35.7 Å². The van der Waals surface area contributed by atoms with Gasteiger partial charge in [-0.05, 0) is 24.3 Å². The average Bonchev–Trinajstić information content (AvgIpc) is 2.56. The van der Waals surface area contributed by atoms with Crippen LogP contribution in [-0.2, 0) is 9.59 Å². The molecule has 0 saturated carbocycles. The van der Waals surface area contributed by atoms with Gasteiger partial charge in [0.15, 0.2) is 0 Å². The van der Waals surface area contributed by atoms with Crippen molar-refractivity contribution in [2.45, 2.75) is 6.42 Å². The first kappa shape index (κ1) is 11.1. The molecular weight excluding hydrogens is 227 g/mol. The number of nitrogens with zero attached hydrogens (tertiary/aromatic N) is 1. The van der Waals surface area contributed by atoms with Crippen molar-refractivity contribution in [3.63, 3.8) is 0 Å². The maximum atomic E-state index is 12.7. The highest BCUT2D eigenvalue weighted by Gasteiger charge is 2.33. The lowest BCUT2D eigenvalue weighted by atomic mass is 10.2. The fraction of sp³-hybridized carbons (Fsp3) is 0.0909. The number of anilines is 1. The number of benzene rings is 1. The molecule has 0 spiro atoms. The zero-order valence-electron chi connectivity index (χ0n) is 8.68. The van der Waals surface area contributed by atoms with E-state index in [9.17, 15) is 14.0 Å². The molecule has 1 aliphatic rings. The quantitative estimate of drug-likeness (QED) is 0.796. The zero-order valence-corrected chi connectivity index (χ0v) is 8.68. The molecule has 0 aliphatic carbocycles. The molecule has 0 bridgehead atoms. The lowest BCUT2D eigenvalue weighted by Crippen LogP contribution is -2.28. The largest absolute Gasteiger partial charge is 0.478 e. The van der Waals surface area contributed by atoms with Crippen molar-refractivity contribution in [3.05, 3.63) is 41.5 Å². The average molecular weight is 236 g/mol. The fourth-order valence-corrected chi connectivity index (χ4v) is 1.65. The van der Waals surface area contributed by atoms with Crippen LogP contribution in [0, 0.1) is 5.82 Å². The summed E-state index contributed by atoms with van der Waals surface area (Å²) in [5.41, 5.74) is 5.81. The molecule has 0 radical (unpaired) electrons. The van der Waals surface area contributed by atoms with E-state index in [1.54, 1.807) is 0 Å². The van der Waals surface area contributed by atoms with Gasteiger partial charge in [-0.25, -0.2) is 9.18 Å². The second kappa shape index (κ2) is 3.89. The Kier molecular flexibility index (Phi) is 2.55. The van der Waals surface area contributed by atoms with Gasteiger partial charge in [-0.15, -0.1) is 0 Å². The molecule has 5 nitrogen and oxygen atoms in total. The van der Waals surface area contributed by atoms with Crippen LogP contribution in [0.2, 0.25) is 0 Å². The predicted molar refractivity (Wildman–Crippen MR) is 57.4 cm³/mol. The first-order valence-electron chi connectivity index (χ1n) is 4.81. The second-order valence-electron chi connectivity index (χ2n) is 3.55. The van der Waals surface area contributed by atoms with Crippen molar-refractivity contribution in [1.82, 2.24) is 0 Å². The number of carbonyl (C=O) groups excluding carboxylic acids is 1. The monoisotopic (exact) mass is 236 g/mol. The normalized spacial score (nSPS) is 15.6. The van der Waals surface area contributed by atoms with E-state index in [2.05, 4.69) is 0 Å². The molecular formula is C11H9FN2O3. The number of aliphatic carboxylic acids is 1. The molecule has 1 aromatic rings. The smallest absolute Gasteiger partial charge is 0.335 e. The Hall–Kier alpha value is -2.37.